The predicted octanol–water partition coefficient (Wildman–Crippen LogP) is 5.46. The lowest BCUT2D eigenvalue weighted by Crippen LogP contribution is -2.48. The fourth-order valence-electron chi connectivity index (χ4n) is 5.27. The zero-order valence-electron chi connectivity index (χ0n) is 21.8. The third kappa shape index (κ3) is 4.98. The number of fused-ring (bicyclic) bond motifs is 1. The normalized spacial score (nSPS) is 21.9. The van der Waals surface area contributed by atoms with Gasteiger partial charge in [0, 0.05) is 44.8 Å². The van der Waals surface area contributed by atoms with Crippen LogP contribution in [0.2, 0.25) is 0 Å². The number of halogens is 4. The van der Waals surface area contributed by atoms with Gasteiger partial charge >= 0.3 is 6.18 Å². The topological polar surface area (TPSA) is 63.4 Å². The highest BCUT2D eigenvalue weighted by Crippen LogP contribution is 2.39. The summed E-state index contributed by atoms with van der Waals surface area (Å²) in [7, 11) is 1.81. The lowest BCUT2D eigenvalue weighted by Gasteiger charge is -2.40. The molecule has 1 saturated heterocycles. The number of likely N-dealkylation sites (tertiary alicyclic amines) is 1. The van der Waals surface area contributed by atoms with Crippen LogP contribution in [0.15, 0.2) is 35.5 Å². The number of benzene rings is 1. The summed E-state index contributed by atoms with van der Waals surface area (Å²) in [5.41, 5.74) is -0.638. The van der Waals surface area contributed by atoms with Crippen LogP contribution in [0, 0.1) is 13.8 Å². The maximum absolute atomic E-state index is 16.2. The summed E-state index contributed by atoms with van der Waals surface area (Å²) in [5.74, 6) is 0.541. The Morgan fingerprint density at radius 2 is 1.97 bits per heavy atom. The Kier molecular flexibility index (Phi) is 6.90. The third-order valence-corrected chi connectivity index (χ3v) is 7.45. The van der Waals surface area contributed by atoms with Crippen molar-refractivity contribution in [3.8, 4) is 0 Å². The Morgan fingerprint density at radius 1 is 1.27 bits per heavy atom. The number of pyridine rings is 1. The maximum atomic E-state index is 16.2. The molecule has 0 radical (unpaired) electrons. The molecule has 10 heteroatoms. The van der Waals surface area contributed by atoms with Gasteiger partial charge in [0.25, 0.3) is 0 Å². The van der Waals surface area contributed by atoms with E-state index in [2.05, 4.69) is 9.97 Å². The molecule has 3 atom stereocenters. The number of hydrogen-bond acceptors (Lipinski definition) is 4. The molecule has 198 valence electrons. The molecule has 1 amide bonds. The summed E-state index contributed by atoms with van der Waals surface area (Å²) in [4.78, 5) is 27.3. The summed E-state index contributed by atoms with van der Waals surface area (Å²) < 4.78 is 58.4. The van der Waals surface area contributed by atoms with E-state index in [0.29, 0.717) is 27.8 Å². The minimum absolute atomic E-state index is 0.0901. The van der Waals surface area contributed by atoms with Crippen molar-refractivity contribution in [1.82, 2.24) is 19.4 Å². The minimum atomic E-state index is -4.47. The van der Waals surface area contributed by atoms with E-state index in [1.807, 2.05) is 18.5 Å². The van der Waals surface area contributed by atoms with Crippen LogP contribution < -0.4 is 5.49 Å². The van der Waals surface area contributed by atoms with Gasteiger partial charge in [0.15, 0.2) is 11.2 Å². The van der Waals surface area contributed by atoms with Gasteiger partial charge in [0.2, 0.25) is 5.91 Å². The number of alkyl halides is 4. The van der Waals surface area contributed by atoms with Gasteiger partial charge in [0.1, 0.15) is 5.82 Å². The summed E-state index contributed by atoms with van der Waals surface area (Å²) >= 11 is 0. The molecule has 37 heavy (non-hydrogen) atoms. The molecule has 0 spiro atoms. The lowest BCUT2D eigenvalue weighted by molar-refractivity contribution is -0.138. The highest BCUT2D eigenvalue weighted by molar-refractivity contribution is 5.78. The summed E-state index contributed by atoms with van der Waals surface area (Å²) in [6, 6.07) is 4.80. The number of aryl methyl sites for hydroxylation is 2. The quantitative estimate of drug-likeness (QED) is 0.434. The highest BCUT2D eigenvalue weighted by atomic mass is 19.4. The molecule has 4 rings (SSSR count). The van der Waals surface area contributed by atoms with Crippen molar-refractivity contribution in [2.75, 3.05) is 6.54 Å². The van der Waals surface area contributed by atoms with Crippen molar-refractivity contribution in [3.05, 3.63) is 64.2 Å². The molecule has 2 aromatic heterocycles. The first kappa shape index (κ1) is 26.8. The van der Waals surface area contributed by atoms with Gasteiger partial charge in [-0.05, 0) is 51.0 Å². The fourth-order valence-corrected chi connectivity index (χ4v) is 5.27. The SMILES string of the molecule is CC(=O)N1CCC(F)(c2cc3c(=NC(C)c4cccc(C(F)(F)F)c4C)nc(C)n(C)c3cn2)C[C@H]1C. The molecule has 1 aliphatic heterocycles. The van der Waals surface area contributed by atoms with Crippen molar-refractivity contribution in [3.63, 3.8) is 0 Å². The zero-order chi connectivity index (χ0) is 27.3. The average Bonchev–Trinajstić information content (AvgIpc) is 2.81. The molecule has 0 bridgehead atoms. The van der Waals surface area contributed by atoms with E-state index < -0.39 is 23.5 Å². The molecular weight excluding hydrogens is 486 g/mol. The van der Waals surface area contributed by atoms with Crippen molar-refractivity contribution >= 4 is 16.8 Å². The van der Waals surface area contributed by atoms with Crippen LogP contribution >= 0.6 is 0 Å². The van der Waals surface area contributed by atoms with Crippen LogP contribution in [0.4, 0.5) is 17.6 Å². The third-order valence-electron chi connectivity index (χ3n) is 7.45. The average molecular weight is 518 g/mol. The number of aromatic nitrogens is 3. The Hall–Kier alpha value is -3.30. The second-order valence-electron chi connectivity index (χ2n) is 9.93. The number of piperidine rings is 1. The smallest absolute Gasteiger partial charge is 0.340 e. The summed E-state index contributed by atoms with van der Waals surface area (Å²) in [6.07, 6.45) is -2.65. The van der Waals surface area contributed by atoms with Crippen LogP contribution in [-0.2, 0) is 23.7 Å². The van der Waals surface area contributed by atoms with E-state index >= 15 is 4.39 Å². The number of rotatable bonds is 3. The molecule has 1 aliphatic rings. The van der Waals surface area contributed by atoms with E-state index in [0.717, 1.165) is 6.07 Å². The molecule has 0 saturated carbocycles. The van der Waals surface area contributed by atoms with E-state index in [9.17, 15) is 18.0 Å². The molecule has 3 heterocycles. The Morgan fingerprint density at radius 3 is 2.59 bits per heavy atom. The van der Waals surface area contributed by atoms with Gasteiger partial charge in [-0.25, -0.2) is 9.37 Å². The first-order chi connectivity index (χ1) is 17.2. The maximum Gasteiger partial charge on any atom is 0.416 e. The van der Waals surface area contributed by atoms with E-state index in [-0.39, 0.29) is 42.6 Å². The van der Waals surface area contributed by atoms with Crippen LogP contribution in [0.3, 0.4) is 0 Å². The first-order valence-corrected chi connectivity index (χ1v) is 12.2. The van der Waals surface area contributed by atoms with Gasteiger partial charge < -0.3 is 9.47 Å². The fraction of sp³-hybridized carbons (Fsp3) is 0.481. The summed E-state index contributed by atoms with van der Waals surface area (Å²) in [5, 5.41) is 0.563. The highest BCUT2D eigenvalue weighted by Gasteiger charge is 2.42. The number of carbonyl (C=O) groups excluding carboxylic acids is 1. The number of amides is 1. The van der Waals surface area contributed by atoms with Gasteiger partial charge in [-0.2, -0.15) is 13.2 Å². The Labute approximate surface area is 213 Å². The molecule has 0 aliphatic carbocycles. The van der Waals surface area contributed by atoms with Crippen LogP contribution in [0.5, 0.6) is 0 Å². The van der Waals surface area contributed by atoms with Crippen LogP contribution in [-0.4, -0.2) is 37.9 Å². The number of hydrogen-bond donors (Lipinski definition) is 0. The van der Waals surface area contributed by atoms with E-state index in [1.165, 1.54) is 19.9 Å². The molecule has 6 nitrogen and oxygen atoms in total. The van der Waals surface area contributed by atoms with Gasteiger partial charge in [-0.1, -0.05) is 12.1 Å². The van der Waals surface area contributed by atoms with Gasteiger partial charge in [-0.3, -0.25) is 14.8 Å². The summed E-state index contributed by atoms with van der Waals surface area (Å²) in [6.45, 7) is 8.54. The Bertz CT molecular complexity index is 1430. The zero-order valence-corrected chi connectivity index (χ0v) is 21.8. The minimum Gasteiger partial charge on any atom is -0.340 e. The monoisotopic (exact) mass is 517 g/mol. The van der Waals surface area contributed by atoms with Crippen molar-refractivity contribution in [2.24, 2.45) is 12.0 Å². The van der Waals surface area contributed by atoms with Crippen molar-refractivity contribution in [1.29, 1.82) is 0 Å². The second kappa shape index (κ2) is 9.54. The van der Waals surface area contributed by atoms with Crippen LogP contribution in [0.1, 0.15) is 67.9 Å². The number of carbonyl (C=O) groups is 1. The molecule has 1 aromatic carbocycles. The number of nitrogens with zero attached hydrogens (tertiary/aromatic N) is 5. The van der Waals surface area contributed by atoms with Gasteiger partial charge in [-0.15, -0.1) is 0 Å². The first-order valence-electron chi connectivity index (χ1n) is 12.2. The van der Waals surface area contributed by atoms with Crippen LogP contribution in [0.25, 0.3) is 10.9 Å². The molecule has 0 N–H and O–H groups in total. The predicted molar refractivity (Wildman–Crippen MR) is 132 cm³/mol. The molecular formula is C27H31F4N5O. The van der Waals surface area contributed by atoms with Crippen molar-refractivity contribution < 1.29 is 22.4 Å². The molecule has 1 fully saturated rings. The lowest BCUT2D eigenvalue weighted by atomic mass is 9.85. The molecule has 3 aromatic rings. The van der Waals surface area contributed by atoms with Crippen molar-refractivity contribution in [2.45, 2.75) is 71.4 Å². The molecule has 2 unspecified atom stereocenters. The van der Waals surface area contributed by atoms with E-state index in [4.69, 9.17) is 4.99 Å². The second-order valence-corrected chi connectivity index (χ2v) is 9.93. The largest absolute Gasteiger partial charge is 0.416 e. The standard InChI is InChI=1S/C27H31F4N5O/c1-15-13-26(28,10-11-36(15)19(5)37)24-12-21-23(14-32-24)35(6)18(4)34-25(21)33-17(3)20-8-7-9-22(16(20)2)27(29,30)31/h7-9,12,14-15,17H,10-11,13H2,1-6H3/t15-,17?,26?/m1/s1. The Balaban J connectivity index is 1.83. The van der Waals surface area contributed by atoms with Gasteiger partial charge in [0.05, 0.1) is 29.0 Å². The van der Waals surface area contributed by atoms with E-state index in [1.54, 1.807) is 37.1 Å².